The molecule has 29 heavy (non-hydrogen) atoms. The average Bonchev–Trinajstić information content (AvgIpc) is 2.76. The molecule has 0 aliphatic carbocycles. The van der Waals surface area contributed by atoms with Gasteiger partial charge in [0.15, 0.2) is 11.5 Å². The van der Waals surface area contributed by atoms with Crippen LogP contribution in [0.1, 0.15) is 0 Å². The number of nitrogens with zero attached hydrogens (tertiary/aromatic N) is 1. The monoisotopic (exact) mass is 450 g/mol. The first-order chi connectivity index (χ1) is 14.2. The number of fused-ring (bicyclic) bond motifs is 1. The van der Waals surface area contributed by atoms with Crippen molar-refractivity contribution < 1.29 is 14.2 Å². The Morgan fingerprint density at radius 1 is 0.828 bits per heavy atom. The van der Waals surface area contributed by atoms with Crippen molar-refractivity contribution in [2.75, 3.05) is 19.5 Å². The fourth-order valence-corrected chi connectivity index (χ4v) is 3.41. The van der Waals surface area contributed by atoms with E-state index in [0.717, 1.165) is 38.2 Å². The zero-order valence-electron chi connectivity index (χ0n) is 16.0. The van der Waals surface area contributed by atoms with Crippen LogP contribution < -0.4 is 19.5 Å². The van der Waals surface area contributed by atoms with Crippen LogP contribution in [0.15, 0.2) is 77.4 Å². The van der Waals surface area contributed by atoms with E-state index in [4.69, 9.17) is 14.2 Å². The second-order valence-electron chi connectivity index (χ2n) is 6.27. The molecule has 6 heteroatoms. The molecule has 5 nitrogen and oxygen atoms in total. The Morgan fingerprint density at radius 3 is 2.17 bits per heavy atom. The highest BCUT2D eigenvalue weighted by molar-refractivity contribution is 9.10. The first kappa shape index (κ1) is 19.1. The number of benzene rings is 3. The molecule has 0 saturated heterocycles. The summed E-state index contributed by atoms with van der Waals surface area (Å²) in [5, 5.41) is 4.37. The summed E-state index contributed by atoms with van der Waals surface area (Å²) in [6.45, 7) is 0. The van der Waals surface area contributed by atoms with Crippen LogP contribution in [0.5, 0.6) is 23.0 Å². The number of hydrogen-bond donors (Lipinski definition) is 1. The third kappa shape index (κ3) is 4.12. The molecule has 146 valence electrons. The van der Waals surface area contributed by atoms with Crippen molar-refractivity contribution in [2.24, 2.45) is 0 Å². The highest BCUT2D eigenvalue weighted by Crippen LogP contribution is 2.39. The van der Waals surface area contributed by atoms with E-state index in [1.807, 2.05) is 66.7 Å². The smallest absolute Gasteiger partial charge is 0.162 e. The lowest BCUT2D eigenvalue weighted by Gasteiger charge is -2.15. The van der Waals surface area contributed by atoms with E-state index in [-0.39, 0.29) is 0 Å². The summed E-state index contributed by atoms with van der Waals surface area (Å²) in [6.07, 6.45) is 1.77. The number of aromatic nitrogens is 1. The fraction of sp³-hybridized carbons (Fsp3) is 0.0870. The van der Waals surface area contributed by atoms with Gasteiger partial charge < -0.3 is 19.5 Å². The maximum atomic E-state index is 5.86. The Labute approximate surface area is 177 Å². The van der Waals surface area contributed by atoms with Crippen LogP contribution >= 0.6 is 15.9 Å². The molecule has 0 radical (unpaired) electrons. The van der Waals surface area contributed by atoms with E-state index < -0.39 is 0 Å². The van der Waals surface area contributed by atoms with Gasteiger partial charge >= 0.3 is 0 Å². The number of methoxy groups -OCH3 is 2. The lowest BCUT2D eigenvalue weighted by Crippen LogP contribution is -1.97. The van der Waals surface area contributed by atoms with Crippen molar-refractivity contribution in [3.8, 4) is 23.0 Å². The minimum atomic E-state index is 0.642. The fourth-order valence-electron chi connectivity index (χ4n) is 3.00. The second-order valence-corrected chi connectivity index (χ2v) is 7.12. The van der Waals surface area contributed by atoms with E-state index in [2.05, 4.69) is 26.2 Å². The molecule has 0 bridgehead atoms. The number of para-hydroxylation sites is 1. The van der Waals surface area contributed by atoms with Crippen molar-refractivity contribution in [1.29, 1.82) is 0 Å². The molecule has 0 fully saturated rings. The van der Waals surface area contributed by atoms with Gasteiger partial charge in [-0.25, -0.2) is 0 Å². The number of rotatable bonds is 6. The highest BCUT2D eigenvalue weighted by Gasteiger charge is 2.13. The Bertz CT molecular complexity index is 1130. The molecule has 0 saturated carbocycles. The van der Waals surface area contributed by atoms with Gasteiger partial charge in [-0.3, -0.25) is 4.98 Å². The molecule has 4 aromatic rings. The normalized spacial score (nSPS) is 10.6. The number of nitrogens with one attached hydrogen (secondary N) is 1. The number of halogens is 1. The van der Waals surface area contributed by atoms with Crippen LogP contribution in [0, 0.1) is 0 Å². The Kier molecular flexibility index (Phi) is 5.53. The molecule has 1 aromatic heterocycles. The van der Waals surface area contributed by atoms with Crippen molar-refractivity contribution in [2.45, 2.75) is 0 Å². The first-order valence-electron chi connectivity index (χ1n) is 8.98. The zero-order chi connectivity index (χ0) is 20.2. The minimum absolute atomic E-state index is 0.642. The molecule has 0 spiro atoms. The van der Waals surface area contributed by atoms with E-state index in [1.54, 1.807) is 20.4 Å². The van der Waals surface area contributed by atoms with Crippen LogP contribution in [0.3, 0.4) is 0 Å². The van der Waals surface area contributed by atoms with E-state index in [1.165, 1.54) is 0 Å². The number of hydrogen-bond acceptors (Lipinski definition) is 5. The molecule has 0 aliphatic rings. The van der Waals surface area contributed by atoms with E-state index >= 15 is 0 Å². The highest BCUT2D eigenvalue weighted by atomic mass is 79.9. The number of ether oxygens (including phenoxy) is 3. The third-order valence-electron chi connectivity index (χ3n) is 4.43. The van der Waals surface area contributed by atoms with Crippen LogP contribution in [0.25, 0.3) is 10.9 Å². The Hall–Kier alpha value is -3.25. The van der Waals surface area contributed by atoms with Crippen molar-refractivity contribution >= 4 is 38.2 Å². The van der Waals surface area contributed by atoms with Gasteiger partial charge in [0, 0.05) is 23.3 Å². The van der Waals surface area contributed by atoms with Gasteiger partial charge in [0.1, 0.15) is 11.5 Å². The van der Waals surface area contributed by atoms with E-state index in [9.17, 15) is 0 Å². The standard InChI is InChI=1S/C23H19BrN2O3/c1-27-21-12-18-20(13-22(21)28-2)25-14-19(24)23(18)26-15-8-10-17(11-9-15)29-16-6-4-3-5-7-16/h3-14H,1-2H3,(H,25,26). The van der Waals surface area contributed by atoms with Crippen molar-refractivity contribution in [3.05, 3.63) is 77.4 Å². The summed E-state index contributed by atoms with van der Waals surface area (Å²) < 4.78 is 17.5. The molecule has 1 heterocycles. The van der Waals surface area contributed by atoms with Gasteiger partial charge in [-0.15, -0.1) is 0 Å². The van der Waals surface area contributed by atoms with Gasteiger partial charge in [0.05, 0.1) is 29.9 Å². The predicted octanol–water partition coefficient (Wildman–Crippen LogP) is 6.55. The maximum absolute atomic E-state index is 5.86. The third-order valence-corrected chi connectivity index (χ3v) is 5.03. The summed E-state index contributed by atoms with van der Waals surface area (Å²) in [4.78, 5) is 4.49. The van der Waals surface area contributed by atoms with Crippen molar-refractivity contribution in [1.82, 2.24) is 4.98 Å². The second kappa shape index (κ2) is 8.41. The number of anilines is 2. The predicted molar refractivity (Wildman–Crippen MR) is 119 cm³/mol. The lowest BCUT2D eigenvalue weighted by molar-refractivity contribution is 0.356. The maximum Gasteiger partial charge on any atom is 0.162 e. The van der Waals surface area contributed by atoms with E-state index in [0.29, 0.717) is 11.5 Å². The van der Waals surface area contributed by atoms with Crippen LogP contribution in [0.2, 0.25) is 0 Å². The Balaban J connectivity index is 1.64. The van der Waals surface area contributed by atoms with Gasteiger partial charge in [-0.2, -0.15) is 0 Å². The van der Waals surface area contributed by atoms with Gasteiger partial charge in [0.2, 0.25) is 0 Å². The van der Waals surface area contributed by atoms with Gasteiger partial charge in [-0.05, 0) is 58.4 Å². The molecule has 1 N–H and O–H groups in total. The molecular formula is C23H19BrN2O3. The lowest BCUT2D eigenvalue weighted by atomic mass is 10.1. The topological polar surface area (TPSA) is 52.6 Å². The molecule has 0 unspecified atom stereocenters. The largest absolute Gasteiger partial charge is 0.493 e. The molecule has 0 aliphatic heterocycles. The van der Waals surface area contributed by atoms with Crippen LogP contribution in [0.4, 0.5) is 11.4 Å². The van der Waals surface area contributed by atoms with Crippen LogP contribution in [-0.4, -0.2) is 19.2 Å². The number of pyridine rings is 1. The minimum Gasteiger partial charge on any atom is -0.493 e. The summed E-state index contributed by atoms with van der Waals surface area (Å²) in [5.41, 5.74) is 2.62. The van der Waals surface area contributed by atoms with Crippen LogP contribution in [-0.2, 0) is 0 Å². The summed E-state index contributed by atoms with van der Waals surface area (Å²) >= 11 is 3.59. The molecule has 0 atom stereocenters. The summed E-state index contributed by atoms with van der Waals surface area (Å²) in [6, 6.07) is 21.3. The van der Waals surface area contributed by atoms with Gasteiger partial charge in [0.25, 0.3) is 0 Å². The zero-order valence-corrected chi connectivity index (χ0v) is 17.6. The Morgan fingerprint density at radius 2 is 1.48 bits per heavy atom. The van der Waals surface area contributed by atoms with Crippen molar-refractivity contribution in [3.63, 3.8) is 0 Å². The summed E-state index contributed by atoms with van der Waals surface area (Å²) in [5.74, 6) is 2.86. The average molecular weight is 451 g/mol. The molecule has 3 aromatic carbocycles. The molecule has 0 amide bonds. The molecule has 4 rings (SSSR count). The molecular weight excluding hydrogens is 432 g/mol. The van der Waals surface area contributed by atoms with Gasteiger partial charge in [-0.1, -0.05) is 18.2 Å². The first-order valence-corrected chi connectivity index (χ1v) is 9.77. The quantitative estimate of drug-likeness (QED) is 0.360. The summed E-state index contributed by atoms with van der Waals surface area (Å²) in [7, 11) is 3.23. The SMILES string of the molecule is COc1cc2ncc(Br)c(Nc3ccc(Oc4ccccc4)cc3)c2cc1OC.